The molecule has 1 fully saturated rings. The summed E-state index contributed by atoms with van der Waals surface area (Å²) < 4.78 is 4.58. The van der Waals surface area contributed by atoms with Crippen molar-refractivity contribution >= 4 is 12.2 Å². The van der Waals surface area contributed by atoms with Gasteiger partial charge >= 0.3 is 6.09 Å². The van der Waals surface area contributed by atoms with Gasteiger partial charge in [0.05, 0.1) is 13.2 Å². The van der Waals surface area contributed by atoms with Crippen LogP contribution in [0.4, 0.5) is 4.79 Å². The van der Waals surface area contributed by atoms with Gasteiger partial charge in [0, 0.05) is 6.54 Å². The molecule has 0 radical (unpaired) electrons. The molecule has 0 aromatic carbocycles. The Balaban J connectivity index is 2.72. The Bertz CT molecular complexity index is 361. The molecule has 0 heterocycles. The minimum Gasteiger partial charge on any atom is -0.453 e. The Morgan fingerprint density at radius 3 is 2.67 bits per heavy atom. The standard InChI is InChI=1S/C13H22N2O3/c1-12(2)5-10(15-9-16)6-13(3,7-12)8-14-11(17)18-4/h10H,5-8H2,1-4H3,(H,14,17). The van der Waals surface area contributed by atoms with Crippen LogP contribution < -0.4 is 5.32 Å². The first kappa shape index (κ1) is 14.7. The molecule has 1 rings (SSSR count). The maximum absolute atomic E-state index is 11.1. The van der Waals surface area contributed by atoms with Crippen LogP contribution in [0.5, 0.6) is 0 Å². The van der Waals surface area contributed by atoms with E-state index in [-0.39, 0.29) is 16.9 Å². The van der Waals surface area contributed by atoms with E-state index in [1.807, 2.05) is 0 Å². The zero-order valence-electron chi connectivity index (χ0n) is 11.6. The van der Waals surface area contributed by atoms with Crippen molar-refractivity contribution in [2.45, 2.75) is 46.1 Å². The molecule has 102 valence electrons. The Kier molecular flexibility index (Phi) is 4.52. The second-order valence-corrected chi connectivity index (χ2v) is 6.28. The Morgan fingerprint density at radius 2 is 2.11 bits per heavy atom. The fourth-order valence-corrected chi connectivity index (χ4v) is 3.24. The van der Waals surface area contributed by atoms with Crippen LogP contribution in [0.15, 0.2) is 4.99 Å². The largest absolute Gasteiger partial charge is 0.453 e. The third-order valence-corrected chi connectivity index (χ3v) is 3.50. The number of carbonyl (C=O) groups is 1. The van der Waals surface area contributed by atoms with Crippen LogP contribution in [-0.4, -0.2) is 31.9 Å². The van der Waals surface area contributed by atoms with Crippen molar-refractivity contribution in [3.8, 4) is 0 Å². The SMILES string of the molecule is COC(=O)NCC1(C)CC(N=C=O)CC(C)(C)C1. The smallest absolute Gasteiger partial charge is 0.406 e. The summed E-state index contributed by atoms with van der Waals surface area (Å²) in [4.78, 5) is 25.4. The van der Waals surface area contributed by atoms with Gasteiger partial charge in [0.15, 0.2) is 0 Å². The molecule has 0 aromatic heterocycles. The zero-order valence-corrected chi connectivity index (χ0v) is 11.6. The van der Waals surface area contributed by atoms with E-state index >= 15 is 0 Å². The molecule has 1 aliphatic rings. The summed E-state index contributed by atoms with van der Waals surface area (Å²) in [5.74, 6) is 0. The topological polar surface area (TPSA) is 67.8 Å². The Labute approximate surface area is 108 Å². The second-order valence-electron chi connectivity index (χ2n) is 6.28. The van der Waals surface area contributed by atoms with E-state index in [1.54, 1.807) is 6.08 Å². The van der Waals surface area contributed by atoms with Gasteiger partial charge in [-0.25, -0.2) is 14.6 Å². The first-order chi connectivity index (χ1) is 8.30. The average Bonchev–Trinajstić information content (AvgIpc) is 2.23. The van der Waals surface area contributed by atoms with Crippen LogP contribution in [0, 0.1) is 10.8 Å². The number of alkyl carbamates (subject to hydrolysis) is 1. The highest BCUT2D eigenvalue weighted by Gasteiger charge is 2.41. The van der Waals surface area contributed by atoms with Crippen molar-refractivity contribution in [3.05, 3.63) is 0 Å². The number of aliphatic imine (C=N–C) groups is 1. The van der Waals surface area contributed by atoms with Gasteiger partial charge in [0.2, 0.25) is 6.08 Å². The van der Waals surface area contributed by atoms with Crippen LogP contribution in [-0.2, 0) is 9.53 Å². The molecule has 0 saturated heterocycles. The summed E-state index contributed by atoms with van der Waals surface area (Å²) in [6.45, 7) is 6.97. The van der Waals surface area contributed by atoms with Crippen LogP contribution >= 0.6 is 0 Å². The summed E-state index contributed by atoms with van der Waals surface area (Å²) in [5, 5.41) is 2.74. The Morgan fingerprint density at radius 1 is 1.44 bits per heavy atom. The highest BCUT2D eigenvalue weighted by molar-refractivity contribution is 5.66. The summed E-state index contributed by atoms with van der Waals surface area (Å²) in [7, 11) is 1.35. The van der Waals surface area contributed by atoms with Crippen LogP contribution in [0.2, 0.25) is 0 Å². The number of hydrogen-bond acceptors (Lipinski definition) is 4. The average molecular weight is 254 g/mol. The molecule has 0 bridgehead atoms. The molecule has 0 aromatic rings. The van der Waals surface area contributed by atoms with Gasteiger partial charge in [-0.05, 0) is 30.1 Å². The monoisotopic (exact) mass is 254 g/mol. The van der Waals surface area contributed by atoms with Crippen molar-refractivity contribution in [2.24, 2.45) is 15.8 Å². The lowest BCUT2D eigenvalue weighted by Gasteiger charge is -2.45. The first-order valence-corrected chi connectivity index (χ1v) is 6.19. The molecule has 1 aliphatic carbocycles. The number of isocyanates is 1. The molecule has 5 nitrogen and oxygen atoms in total. The maximum atomic E-state index is 11.1. The number of ether oxygens (including phenoxy) is 1. The summed E-state index contributed by atoms with van der Waals surface area (Å²) >= 11 is 0. The van der Waals surface area contributed by atoms with Gasteiger partial charge in [0.25, 0.3) is 0 Å². The van der Waals surface area contributed by atoms with Crippen LogP contribution in [0.3, 0.4) is 0 Å². The third kappa shape index (κ3) is 4.15. The fraction of sp³-hybridized carbons (Fsp3) is 0.846. The van der Waals surface area contributed by atoms with Crippen LogP contribution in [0.25, 0.3) is 0 Å². The maximum Gasteiger partial charge on any atom is 0.406 e. The summed E-state index contributed by atoms with van der Waals surface area (Å²) in [6.07, 6.45) is 3.88. The number of nitrogens with zero attached hydrogens (tertiary/aromatic N) is 1. The fourth-order valence-electron chi connectivity index (χ4n) is 3.24. The van der Waals surface area contributed by atoms with Crippen molar-refractivity contribution in [3.63, 3.8) is 0 Å². The minimum absolute atomic E-state index is 0.00398. The quantitative estimate of drug-likeness (QED) is 0.620. The molecule has 18 heavy (non-hydrogen) atoms. The van der Waals surface area contributed by atoms with Crippen molar-refractivity contribution < 1.29 is 14.3 Å². The summed E-state index contributed by atoms with van der Waals surface area (Å²) in [6, 6.07) is -0.00398. The lowest BCUT2D eigenvalue weighted by molar-refractivity contribution is 0.0807. The molecule has 2 atom stereocenters. The van der Waals surface area contributed by atoms with Gasteiger partial charge in [-0.15, -0.1) is 0 Å². The van der Waals surface area contributed by atoms with Gasteiger partial charge in [-0.3, -0.25) is 0 Å². The van der Waals surface area contributed by atoms with Crippen molar-refractivity contribution in [2.75, 3.05) is 13.7 Å². The zero-order chi connectivity index (χ0) is 13.8. The normalized spacial score (nSPS) is 30.1. The highest BCUT2D eigenvalue weighted by Crippen LogP contribution is 2.46. The molecular formula is C13H22N2O3. The highest BCUT2D eigenvalue weighted by atomic mass is 16.5. The Hall–Kier alpha value is -1.35. The van der Waals surface area contributed by atoms with E-state index in [0.717, 1.165) is 19.3 Å². The number of rotatable bonds is 3. The number of hydrogen-bond donors (Lipinski definition) is 1. The predicted molar refractivity (Wildman–Crippen MR) is 68.1 cm³/mol. The molecule has 2 unspecified atom stereocenters. The second kappa shape index (κ2) is 5.53. The lowest BCUT2D eigenvalue weighted by Crippen LogP contribution is -2.44. The van der Waals surface area contributed by atoms with Crippen molar-refractivity contribution in [1.82, 2.24) is 5.32 Å². The number of carbonyl (C=O) groups excluding carboxylic acids is 2. The van der Waals surface area contributed by atoms with E-state index in [0.29, 0.717) is 6.54 Å². The molecule has 1 saturated carbocycles. The van der Waals surface area contributed by atoms with E-state index in [2.05, 4.69) is 35.8 Å². The molecule has 0 spiro atoms. The molecule has 1 amide bonds. The first-order valence-electron chi connectivity index (χ1n) is 6.19. The number of methoxy groups -OCH3 is 1. The van der Waals surface area contributed by atoms with E-state index in [4.69, 9.17) is 0 Å². The van der Waals surface area contributed by atoms with Gasteiger partial charge in [-0.2, -0.15) is 0 Å². The van der Waals surface area contributed by atoms with Gasteiger partial charge in [0.1, 0.15) is 0 Å². The molecular weight excluding hydrogens is 232 g/mol. The van der Waals surface area contributed by atoms with Gasteiger partial charge in [-0.1, -0.05) is 20.8 Å². The minimum atomic E-state index is -0.421. The van der Waals surface area contributed by atoms with Crippen molar-refractivity contribution in [1.29, 1.82) is 0 Å². The number of amides is 1. The lowest BCUT2D eigenvalue weighted by atomic mass is 9.63. The number of nitrogens with one attached hydrogen (secondary N) is 1. The van der Waals surface area contributed by atoms with Gasteiger partial charge < -0.3 is 10.1 Å². The predicted octanol–water partition coefficient (Wildman–Crippen LogP) is 2.26. The van der Waals surface area contributed by atoms with E-state index in [9.17, 15) is 9.59 Å². The third-order valence-electron chi connectivity index (χ3n) is 3.50. The summed E-state index contributed by atoms with van der Waals surface area (Å²) in [5.41, 5.74) is 0.0385. The molecule has 5 heteroatoms. The van der Waals surface area contributed by atoms with Crippen LogP contribution in [0.1, 0.15) is 40.0 Å². The molecule has 0 aliphatic heterocycles. The molecule has 1 N–H and O–H groups in total. The van der Waals surface area contributed by atoms with E-state index in [1.165, 1.54) is 7.11 Å². The van der Waals surface area contributed by atoms with E-state index < -0.39 is 6.09 Å².